The first-order valence-corrected chi connectivity index (χ1v) is 8.23. The van der Waals surface area contributed by atoms with E-state index in [9.17, 15) is 18.0 Å². The second-order valence-electron chi connectivity index (χ2n) is 6.52. The van der Waals surface area contributed by atoms with E-state index in [1.165, 1.54) is 24.1 Å². The van der Waals surface area contributed by atoms with E-state index in [1.54, 1.807) is 6.07 Å². The van der Waals surface area contributed by atoms with E-state index in [0.29, 0.717) is 5.69 Å². The first-order chi connectivity index (χ1) is 12.5. The maximum atomic E-state index is 13.3. The molecule has 0 spiro atoms. The largest absolute Gasteiger partial charge is 0.418 e. The van der Waals surface area contributed by atoms with Crippen molar-refractivity contribution in [3.8, 4) is 6.07 Å². The summed E-state index contributed by atoms with van der Waals surface area (Å²) < 4.78 is 39.9. The summed E-state index contributed by atoms with van der Waals surface area (Å²) >= 11 is 0. The molecule has 2 aromatic carbocycles. The molecule has 1 N–H and O–H groups in total. The zero-order valence-corrected chi connectivity index (χ0v) is 15.5. The molecule has 0 saturated heterocycles. The van der Waals surface area contributed by atoms with Gasteiger partial charge < -0.3 is 10.2 Å². The fraction of sp³-hybridized carbons (Fsp3) is 0.300. The number of nitriles is 1. The number of alkyl halides is 3. The average molecular weight is 375 g/mol. The Balaban J connectivity index is 2.24. The van der Waals surface area contributed by atoms with Crippen LogP contribution in [0.15, 0.2) is 30.3 Å². The topological polar surface area (TPSA) is 56.1 Å². The third-order valence-electron chi connectivity index (χ3n) is 4.16. The Morgan fingerprint density at radius 2 is 1.74 bits per heavy atom. The van der Waals surface area contributed by atoms with E-state index in [-0.39, 0.29) is 17.8 Å². The number of nitrogens with one attached hydrogen (secondary N) is 1. The summed E-state index contributed by atoms with van der Waals surface area (Å²) in [5.41, 5.74) is 2.31. The third kappa shape index (κ3) is 4.79. The number of nitrogens with zero attached hydrogens (tertiary/aromatic N) is 2. The Labute approximate surface area is 156 Å². The Kier molecular flexibility index (Phi) is 5.79. The average Bonchev–Trinajstić information content (AvgIpc) is 2.56. The number of anilines is 2. The van der Waals surface area contributed by atoms with Crippen LogP contribution in [0.5, 0.6) is 0 Å². The fourth-order valence-electron chi connectivity index (χ4n) is 3.02. The van der Waals surface area contributed by atoms with E-state index < -0.39 is 17.6 Å². The van der Waals surface area contributed by atoms with Crippen molar-refractivity contribution in [3.05, 3.63) is 58.1 Å². The molecule has 0 aliphatic carbocycles. The maximum absolute atomic E-state index is 13.3. The van der Waals surface area contributed by atoms with Crippen molar-refractivity contribution in [2.75, 3.05) is 23.8 Å². The summed E-state index contributed by atoms with van der Waals surface area (Å²) in [7, 11) is 1.41. The summed E-state index contributed by atoms with van der Waals surface area (Å²) in [6, 6.07) is 8.84. The molecule has 0 atom stereocenters. The van der Waals surface area contributed by atoms with Gasteiger partial charge in [-0.25, -0.2) is 0 Å². The minimum absolute atomic E-state index is 0.0881. The van der Waals surface area contributed by atoms with Crippen LogP contribution >= 0.6 is 0 Å². The highest BCUT2D eigenvalue weighted by atomic mass is 19.4. The highest BCUT2D eigenvalue weighted by molar-refractivity contribution is 5.95. The zero-order chi connectivity index (χ0) is 20.4. The lowest BCUT2D eigenvalue weighted by molar-refractivity contribution is -0.137. The van der Waals surface area contributed by atoms with Gasteiger partial charge in [0, 0.05) is 18.4 Å². The second kappa shape index (κ2) is 7.70. The molecule has 142 valence electrons. The number of amides is 1. The summed E-state index contributed by atoms with van der Waals surface area (Å²) in [4.78, 5) is 13.6. The van der Waals surface area contributed by atoms with Gasteiger partial charge in [0.15, 0.2) is 0 Å². The van der Waals surface area contributed by atoms with Gasteiger partial charge in [-0.1, -0.05) is 17.7 Å². The standard InChI is InChI=1S/C20H20F3N3O/c1-12-7-13(2)19(14(3)8-12)25-18(27)11-26(4)17-6-5-15(10-24)9-16(17)20(21,22)23/h5-9H,11H2,1-4H3,(H,25,27). The Hall–Kier alpha value is -3.01. The molecule has 0 fully saturated rings. The minimum Gasteiger partial charge on any atom is -0.365 e. The number of rotatable bonds is 4. The molecular formula is C20H20F3N3O. The molecular weight excluding hydrogens is 355 g/mol. The van der Waals surface area contributed by atoms with Gasteiger partial charge in [0.05, 0.1) is 23.7 Å². The molecule has 0 radical (unpaired) electrons. The summed E-state index contributed by atoms with van der Waals surface area (Å²) in [5, 5.41) is 11.6. The van der Waals surface area contributed by atoms with Gasteiger partial charge in [0.2, 0.25) is 5.91 Å². The molecule has 1 amide bonds. The molecule has 0 heterocycles. The van der Waals surface area contributed by atoms with Gasteiger partial charge >= 0.3 is 6.18 Å². The van der Waals surface area contributed by atoms with Crippen molar-refractivity contribution >= 4 is 17.3 Å². The molecule has 0 saturated carbocycles. The Morgan fingerprint density at radius 3 is 2.26 bits per heavy atom. The molecule has 0 aromatic heterocycles. The number of hydrogen-bond donors (Lipinski definition) is 1. The van der Waals surface area contributed by atoms with Crippen LogP contribution in [0.2, 0.25) is 0 Å². The lowest BCUT2D eigenvalue weighted by Gasteiger charge is -2.23. The zero-order valence-electron chi connectivity index (χ0n) is 15.5. The van der Waals surface area contributed by atoms with Crippen LogP contribution in [0.1, 0.15) is 27.8 Å². The number of likely N-dealkylation sites (N-methyl/N-ethyl adjacent to an activating group) is 1. The Morgan fingerprint density at radius 1 is 1.15 bits per heavy atom. The number of benzene rings is 2. The van der Waals surface area contributed by atoms with E-state index in [1.807, 2.05) is 32.9 Å². The monoisotopic (exact) mass is 375 g/mol. The van der Waals surface area contributed by atoms with E-state index in [0.717, 1.165) is 22.8 Å². The summed E-state index contributed by atoms with van der Waals surface area (Å²) in [6.07, 6.45) is -4.63. The number of carbonyl (C=O) groups excluding carboxylic acids is 1. The lowest BCUT2D eigenvalue weighted by Crippen LogP contribution is -2.32. The van der Waals surface area contributed by atoms with Crippen LogP contribution in [0, 0.1) is 32.1 Å². The third-order valence-corrected chi connectivity index (χ3v) is 4.16. The first-order valence-electron chi connectivity index (χ1n) is 8.23. The van der Waals surface area contributed by atoms with Gasteiger partial charge in [0.1, 0.15) is 0 Å². The van der Waals surface area contributed by atoms with Crippen molar-refractivity contribution in [2.45, 2.75) is 26.9 Å². The molecule has 2 aromatic rings. The molecule has 0 aliphatic rings. The summed E-state index contributed by atoms with van der Waals surface area (Å²) in [5.74, 6) is -0.426. The fourth-order valence-corrected chi connectivity index (χ4v) is 3.02. The van der Waals surface area contributed by atoms with E-state index >= 15 is 0 Å². The van der Waals surface area contributed by atoms with Crippen LogP contribution in [-0.4, -0.2) is 19.5 Å². The smallest absolute Gasteiger partial charge is 0.365 e. The highest BCUT2D eigenvalue weighted by Gasteiger charge is 2.35. The van der Waals surface area contributed by atoms with Crippen LogP contribution in [-0.2, 0) is 11.0 Å². The molecule has 0 aliphatic heterocycles. The minimum atomic E-state index is -4.63. The molecule has 0 bridgehead atoms. The van der Waals surface area contributed by atoms with E-state index in [2.05, 4.69) is 5.32 Å². The van der Waals surface area contributed by atoms with Gasteiger partial charge in [0.25, 0.3) is 0 Å². The number of halogens is 3. The van der Waals surface area contributed by atoms with Crippen molar-refractivity contribution in [3.63, 3.8) is 0 Å². The van der Waals surface area contributed by atoms with Gasteiger partial charge in [-0.2, -0.15) is 18.4 Å². The number of hydrogen-bond acceptors (Lipinski definition) is 3. The van der Waals surface area contributed by atoms with Crippen LogP contribution < -0.4 is 10.2 Å². The van der Waals surface area contributed by atoms with Gasteiger partial charge in [-0.05, 0) is 50.1 Å². The maximum Gasteiger partial charge on any atom is 0.418 e. The lowest BCUT2D eigenvalue weighted by atomic mass is 10.1. The molecule has 4 nitrogen and oxygen atoms in total. The predicted molar refractivity (Wildman–Crippen MR) is 98.7 cm³/mol. The highest BCUT2D eigenvalue weighted by Crippen LogP contribution is 2.37. The van der Waals surface area contributed by atoms with Crippen molar-refractivity contribution in [2.24, 2.45) is 0 Å². The Bertz CT molecular complexity index is 891. The van der Waals surface area contributed by atoms with Gasteiger partial charge in [-0.15, -0.1) is 0 Å². The SMILES string of the molecule is Cc1cc(C)c(NC(=O)CN(C)c2ccc(C#N)cc2C(F)(F)F)c(C)c1. The quantitative estimate of drug-likeness (QED) is 0.851. The van der Waals surface area contributed by atoms with Crippen molar-refractivity contribution in [1.29, 1.82) is 5.26 Å². The molecule has 27 heavy (non-hydrogen) atoms. The van der Waals surface area contributed by atoms with Crippen molar-refractivity contribution < 1.29 is 18.0 Å². The number of aryl methyl sites for hydroxylation is 3. The van der Waals surface area contributed by atoms with Crippen LogP contribution in [0.4, 0.5) is 24.5 Å². The van der Waals surface area contributed by atoms with Gasteiger partial charge in [-0.3, -0.25) is 4.79 Å². The summed E-state index contributed by atoms with van der Waals surface area (Å²) in [6.45, 7) is 5.41. The first kappa shape index (κ1) is 20.3. The second-order valence-corrected chi connectivity index (χ2v) is 6.52. The predicted octanol–water partition coefficient (Wildman–Crippen LogP) is 4.58. The molecule has 0 unspecified atom stereocenters. The van der Waals surface area contributed by atoms with E-state index in [4.69, 9.17) is 5.26 Å². The van der Waals surface area contributed by atoms with Crippen LogP contribution in [0.25, 0.3) is 0 Å². The molecule has 7 heteroatoms. The number of carbonyl (C=O) groups is 1. The normalized spacial score (nSPS) is 11.0. The molecule has 2 rings (SSSR count). The van der Waals surface area contributed by atoms with Crippen LogP contribution in [0.3, 0.4) is 0 Å². The van der Waals surface area contributed by atoms with Crippen molar-refractivity contribution in [1.82, 2.24) is 0 Å².